The van der Waals surface area contributed by atoms with Crippen LogP contribution in [0.25, 0.3) is 11.3 Å². The molecule has 0 N–H and O–H groups in total. The van der Waals surface area contributed by atoms with Gasteiger partial charge in [-0.1, -0.05) is 36.4 Å². The smallest absolute Gasteiger partial charge is 0.243 e. The summed E-state index contributed by atoms with van der Waals surface area (Å²) < 4.78 is 10.9. The second-order valence-corrected chi connectivity index (χ2v) is 9.31. The highest BCUT2D eigenvalue weighted by molar-refractivity contribution is 5.90. The maximum Gasteiger partial charge on any atom is 0.243 e. The SMILES string of the molecule is COc1cccc(CN2C[C@@H]3C[C@@H](c4ccc(-c5ccco5)cc4)N4CCC[C@@]34C2=O)c1. The van der Waals surface area contributed by atoms with Gasteiger partial charge in [0.05, 0.1) is 13.4 Å². The van der Waals surface area contributed by atoms with Gasteiger partial charge in [-0.3, -0.25) is 9.69 Å². The normalized spacial score (nSPS) is 27.0. The molecule has 3 fully saturated rings. The molecule has 3 aliphatic rings. The van der Waals surface area contributed by atoms with Crippen LogP contribution in [-0.2, 0) is 11.3 Å². The molecule has 0 aliphatic carbocycles. The molecule has 6 rings (SSSR count). The molecule has 3 atom stereocenters. The minimum absolute atomic E-state index is 0.316. The third-order valence-electron chi connectivity index (χ3n) is 7.74. The molecule has 2 aromatic carbocycles. The summed E-state index contributed by atoms with van der Waals surface area (Å²) in [6.07, 6.45) is 4.82. The lowest BCUT2D eigenvalue weighted by Gasteiger charge is -2.33. The number of hydrogen-bond acceptors (Lipinski definition) is 4. The number of carbonyl (C=O) groups excluding carboxylic acids is 1. The Morgan fingerprint density at radius 1 is 1.12 bits per heavy atom. The van der Waals surface area contributed by atoms with Gasteiger partial charge in [-0.05, 0) is 61.2 Å². The first kappa shape index (κ1) is 19.6. The molecule has 3 saturated heterocycles. The van der Waals surface area contributed by atoms with E-state index in [4.69, 9.17) is 9.15 Å². The maximum absolute atomic E-state index is 13.8. The molecule has 3 aromatic rings. The average molecular weight is 429 g/mol. The largest absolute Gasteiger partial charge is 0.497 e. The van der Waals surface area contributed by atoms with Crippen LogP contribution < -0.4 is 4.74 Å². The fourth-order valence-corrected chi connectivity index (χ4v) is 6.33. The summed E-state index contributed by atoms with van der Waals surface area (Å²) in [6.45, 7) is 2.50. The van der Waals surface area contributed by atoms with Crippen molar-refractivity contribution in [3.05, 3.63) is 78.1 Å². The second kappa shape index (κ2) is 7.52. The first-order chi connectivity index (χ1) is 15.7. The zero-order valence-corrected chi connectivity index (χ0v) is 18.4. The summed E-state index contributed by atoms with van der Waals surface area (Å²) >= 11 is 0. The first-order valence-electron chi connectivity index (χ1n) is 11.5. The number of carbonyl (C=O) groups is 1. The molecule has 5 heteroatoms. The monoisotopic (exact) mass is 428 g/mol. The van der Waals surface area contributed by atoms with Gasteiger partial charge >= 0.3 is 0 Å². The molecule has 1 spiro atoms. The van der Waals surface area contributed by atoms with Gasteiger partial charge in [-0.25, -0.2) is 0 Å². The molecule has 0 saturated carbocycles. The predicted molar refractivity (Wildman–Crippen MR) is 122 cm³/mol. The van der Waals surface area contributed by atoms with Crippen LogP contribution in [0.5, 0.6) is 5.75 Å². The summed E-state index contributed by atoms with van der Waals surface area (Å²) in [5.41, 5.74) is 3.21. The van der Waals surface area contributed by atoms with Crippen LogP contribution in [-0.4, -0.2) is 41.4 Å². The number of nitrogens with zero attached hydrogens (tertiary/aromatic N) is 2. The fraction of sp³-hybridized carbons (Fsp3) is 0.370. The third-order valence-corrected chi connectivity index (χ3v) is 7.74. The van der Waals surface area contributed by atoms with Crippen molar-refractivity contribution in [2.24, 2.45) is 5.92 Å². The van der Waals surface area contributed by atoms with E-state index in [0.717, 1.165) is 55.0 Å². The zero-order chi connectivity index (χ0) is 21.7. The van der Waals surface area contributed by atoms with Crippen molar-refractivity contribution in [2.45, 2.75) is 37.4 Å². The molecule has 1 amide bonds. The predicted octanol–water partition coefficient (Wildman–Crippen LogP) is 4.89. The van der Waals surface area contributed by atoms with Crippen molar-refractivity contribution in [3.8, 4) is 17.1 Å². The van der Waals surface area contributed by atoms with Crippen molar-refractivity contribution >= 4 is 5.91 Å². The lowest BCUT2D eigenvalue weighted by molar-refractivity contribution is -0.137. The molecule has 0 unspecified atom stereocenters. The molecule has 0 radical (unpaired) electrons. The van der Waals surface area contributed by atoms with Gasteiger partial charge in [0.2, 0.25) is 5.91 Å². The van der Waals surface area contributed by atoms with Crippen LogP contribution >= 0.6 is 0 Å². The van der Waals surface area contributed by atoms with Crippen molar-refractivity contribution in [2.75, 3.05) is 20.2 Å². The molecule has 0 bridgehead atoms. The molecule has 4 heterocycles. The molecule has 3 aliphatic heterocycles. The minimum Gasteiger partial charge on any atom is -0.497 e. The lowest BCUT2D eigenvalue weighted by Crippen LogP contribution is -2.49. The maximum atomic E-state index is 13.8. The van der Waals surface area contributed by atoms with Gasteiger partial charge in [0.25, 0.3) is 0 Å². The van der Waals surface area contributed by atoms with E-state index in [1.165, 1.54) is 5.56 Å². The van der Waals surface area contributed by atoms with Crippen LogP contribution in [0.4, 0.5) is 0 Å². The summed E-state index contributed by atoms with van der Waals surface area (Å²) in [6, 6.07) is 21.0. The Labute approximate surface area is 188 Å². The van der Waals surface area contributed by atoms with Crippen LogP contribution in [0.1, 0.15) is 36.4 Å². The Bertz CT molecular complexity index is 1120. The molecule has 5 nitrogen and oxygen atoms in total. The highest BCUT2D eigenvalue weighted by Crippen LogP contribution is 2.56. The standard InChI is InChI=1S/C27H28N2O3/c1-31-23-6-2-5-19(15-23)17-28-18-22-16-24(29-13-4-12-27(22,29)26(28)30)20-8-10-21(11-9-20)25-7-3-14-32-25/h2-3,5-11,14-15,22,24H,4,12-13,16-18H2,1H3/t22-,24-,27-/m0/s1. The number of rotatable bonds is 5. The molecule has 1 aromatic heterocycles. The van der Waals surface area contributed by atoms with Crippen LogP contribution in [0.3, 0.4) is 0 Å². The Hall–Kier alpha value is -3.05. The number of amides is 1. The van der Waals surface area contributed by atoms with Gasteiger partial charge in [0.1, 0.15) is 17.0 Å². The summed E-state index contributed by atoms with van der Waals surface area (Å²) in [7, 11) is 1.68. The third kappa shape index (κ3) is 2.91. The van der Waals surface area contributed by atoms with Crippen molar-refractivity contribution < 1.29 is 13.9 Å². The van der Waals surface area contributed by atoms with Crippen molar-refractivity contribution in [1.82, 2.24) is 9.80 Å². The highest BCUT2D eigenvalue weighted by atomic mass is 16.5. The van der Waals surface area contributed by atoms with Gasteiger partial charge in [-0.2, -0.15) is 0 Å². The van der Waals surface area contributed by atoms with E-state index in [1.54, 1.807) is 13.4 Å². The minimum atomic E-state index is -0.316. The van der Waals surface area contributed by atoms with E-state index >= 15 is 0 Å². The van der Waals surface area contributed by atoms with E-state index in [0.29, 0.717) is 24.4 Å². The van der Waals surface area contributed by atoms with E-state index in [-0.39, 0.29) is 5.54 Å². The molecule has 164 valence electrons. The summed E-state index contributed by atoms with van der Waals surface area (Å²) in [5.74, 6) is 2.43. The van der Waals surface area contributed by atoms with Crippen molar-refractivity contribution in [1.29, 1.82) is 0 Å². The quantitative estimate of drug-likeness (QED) is 0.580. The Morgan fingerprint density at radius 3 is 2.78 bits per heavy atom. The topological polar surface area (TPSA) is 45.9 Å². The van der Waals surface area contributed by atoms with Gasteiger partial charge in [0, 0.05) is 30.6 Å². The van der Waals surface area contributed by atoms with E-state index in [9.17, 15) is 4.79 Å². The van der Waals surface area contributed by atoms with Gasteiger partial charge < -0.3 is 14.1 Å². The Balaban J connectivity index is 1.24. The number of furan rings is 1. The van der Waals surface area contributed by atoms with E-state index < -0.39 is 0 Å². The number of hydrogen-bond donors (Lipinski definition) is 0. The number of ether oxygens (including phenoxy) is 1. The molecule has 32 heavy (non-hydrogen) atoms. The second-order valence-electron chi connectivity index (χ2n) is 9.31. The number of likely N-dealkylation sites (tertiary alicyclic amines) is 1. The lowest BCUT2D eigenvalue weighted by atomic mass is 9.85. The van der Waals surface area contributed by atoms with Crippen LogP contribution in [0, 0.1) is 5.92 Å². The first-order valence-corrected chi connectivity index (χ1v) is 11.5. The highest BCUT2D eigenvalue weighted by Gasteiger charge is 2.65. The summed E-state index contributed by atoms with van der Waals surface area (Å²) in [4.78, 5) is 18.4. The van der Waals surface area contributed by atoms with Crippen LogP contribution in [0.15, 0.2) is 71.3 Å². The molecular weight excluding hydrogens is 400 g/mol. The zero-order valence-electron chi connectivity index (χ0n) is 18.4. The number of benzene rings is 2. The van der Waals surface area contributed by atoms with Crippen LogP contribution in [0.2, 0.25) is 0 Å². The van der Waals surface area contributed by atoms with Crippen molar-refractivity contribution in [3.63, 3.8) is 0 Å². The Kier molecular flexibility index (Phi) is 4.61. The average Bonchev–Trinajstić information content (AvgIpc) is 3.59. The van der Waals surface area contributed by atoms with E-state index in [2.05, 4.69) is 40.1 Å². The fourth-order valence-electron chi connectivity index (χ4n) is 6.33. The van der Waals surface area contributed by atoms with Gasteiger partial charge in [-0.15, -0.1) is 0 Å². The summed E-state index contributed by atoms with van der Waals surface area (Å²) in [5, 5.41) is 0. The molecular formula is C27H28N2O3. The number of methoxy groups -OCH3 is 1. The Morgan fingerprint density at radius 2 is 2.00 bits per heavy atom. The van der Waals surface area contributed by atoms with Gasteiger partial charge in [0.15, 0.2) is 0 Å². The van der Waals surface area contributed by atoms with E-state index in [1.807, 2.05) is 30.3 Å².